The number of benzene rings is 2. The molecule has 1 atom stereocenters. The predicted molar refractivity (Wildman–Crippen MR) is 115 cm³/mol. The Morgan fingerprint density at radius 1 is 1.23 bits per heavy atom. The molecule has 9 heteroatoms. The van der Waals surface area contributed by atoms with Crippen LogP contribution in [0.4, 0.5) is 19.3 Å². The summed E-state index contributed by atoms with van der Waals surface area (Å²) in [7, 11) is 1.64. The van der Waals surface area contributed by atoms with Crippen LogP contribution in [0.2, 0.25) is 5.02 Å². The van der Waals surface area contributed by atoms with E-state index in [0.717, 1.165) is 0 Å². The highest BCUT2D eigenvalue weighted by atomic mass is 35.5. The lowest BCUT2D eigenvalue weighted by Gasteiger charge is -2.39. The lowest BCUT2D eigenvalue weighted by molar-refractivity contribution is -0.0104. The van der Waals surface area contributed by atoms with Crippen LogP contribution in [0.5, 0.6) is 5.75 Å². The number of nitrogens with one attached hydrogen (secondary N) is 2. The lowest BCUT2D eigenvalue weighted by atomic mass is 9.88. The van der Waals surface area contributed by atoms with Gasteiger partial charge in [-0.25, -0.2) is 13.6 Å². The molecule has 0 unspecified atom stereocenters. The Morgan fingerprint density at radius 2 is 2.00 bits per heavy atom. The number of halogens is 3. The number of hydrogen-bond donors (Lipinski definition) is 2. The number of pyridine rings is 1. The maximum absolute atomic E-state index is 13.7. The van der Waals surface area contributed by atoms with Crippen molar-refractivity contribution in [2.24, 2.45) is 7.05 Å². The minimum Gasteiger partial charge on any atom is -0.481 e. The Kier molecular flexibility index (Phi) is 5.58. The molecular weight excluding hydrogens is 428 g/mol. The fourth-order valence-corrected chi connectivity index (χ4v) is 3.96. The van der Waals surface area contributed by atoms with Gasteiger partial charge in [0.2, 0.25) is 0 Å². The highest BCUT2D eigenvalue weighted by molar-refractivity contribution is 6.30. The molecule has 0 saturated heterocycles. The van der Waals surface area contributed by atoms with Crippen LogP contribution in [0.3, 0.4) is 0 Å². The first kappa shape index (κ1) is 21.1. The summed E-state index contributed by atoms with van der Waals surface area (Å²) in [5.74, 6) is 0.236. The molecule has 3 aromatic rings. The average Bonchev–Trinajstić information content (AvgIpc) is 2.76. The molecule has 162 valence electrons. The van der Waals surface area contributed by atoms with Crippen molar-refractivity contribution in [3.63, 3.8) is 0 Å². The number of ether oxygens (including phenoxy) is 1. The van der Waals surface area contributed by atoms with Crippen molar-refractivity contribution in [3.05, 3.63) is 69.5 Å². The SMILES string of the molecule is Cn1c(=O)ccc2c(NC(=O)N[C@@H]3CC(CF)(CF)Oc4cc(Cl)ccc43)cccc21. The fourth-order valence-electron chi connectivity index (χ4n) is 3.80. The van der Waals surface area contributed by atoms with Crippen LogP contribution in [0.1, 0.15) is 18.0 Å². The summed E-state index contributed by atoms with van der Waals surface area (Å²) in [5, 5.41) is 6.59. The second-order valence-electron chi connectivity index (χ2n) is 7.56. The number of alkyl halides is 2. The Balaban J connectivity index is 1.62. The molecule has 2 heterocycles. The van der Waals surface area contributed by atoms with Crippen LogP contribution in [-0.4, -0.2) is 29.5 Å². The minimum absolute atomic E-state index is 0.0773. The van der Waals surface area contributed by atoms with Gasteiger partial charge in [0, 0.05) is 35.5 Å². The Morgan fingerprint density at radius 3 is 2.74 bits per heavy atom. The Bertz CT molecular complexity index is 1210. The van der Waals surface area contributed by atoms with Crippen molar-refractivity contribution in [3.8, 4) is 5.75 Å². The van der Waals surface area contributed by atoms with Crippen molar-refractivity contribution in [1.82, 2.24) is 9.88 Å². The maximum Gasteiger partial charge on any atom is 0.319 e. The number of hydrogen-bond acceptors (Lipinski definition) is 3. The normalized spacial score (nSPS) is 17.0. The van der Waals surface area contributed by atoms with E-state index in [1.165, 1.54) is 16.7 Å². The number of urea groups is 1. The number of anilines is 1. The van der Waals surface area contributed by atoms with Crippen LogP contribution < -0.4 is 20.9 Å². The molecule has 1 aliphatic heterocycles. The van der Waals surface area contributed by atoms with Gasteiger partial charge < -0.3 is 19.9 Å². The standard InChI is InChI=1S/C22H20ClF2N3O3/c1-28-18-4-2-3-16(14(18)7-8-20(28)29)26-21(30)27-17-10-22(11-24,12-25)31-19-9-13(23)5-6-15(17)19/h2-9,17H,10-12H2,1H3,(H2,26,27,30)/t17-/m1/s1. The quantitative estimate of drug-likeness (QED) is 0.618. The first-order valence-electron chi connectivity index (χ1n) is 9.62. The molecule has 0 saturated carbocycles. The Labute approximate surface area is 181 Å². The van der Waals surface area contributed by atoms with Gasteiger partial charge in [-0.3, -0.25) is 4.79 Å². The van der Waals surface area contributed by atoms with Crippen molar-refractivity contribution >= 4 is 34.2 Å². The van der Waals surface area contributed by atoms with Gasteiger partial charge in [0.15, 0.2) is 5.60 Å². The second-order valence-corrected chi connectivity index (χ2v) is 8.00. The molecule has 6 nitrogen and oxygen atoms in total. The van der Waals surface area contributed by atoms with Crippen LogP contribution in [-0.2, 0) is 7.05 Å². The zero-order valence-corrected chi connectivity index (χ0v) is 17.4. The van der Waals surface area contributed by atoms with Crippen molar-refractivity contribution in [2.45, 2.75) is 18.1 Å². The van der Waals surface area contributed by atoms with Gasteiger partial charge in [-0.1, -0.05) is 23.7 Å². The highest BCUT2D eigenvalue weighted by Crippen LogP contribution is 2.41. The molecule has 1 aromatic heterocycles. The van der Waals surface area contributed by atoms with Crippen LogP contribution in [0.25, 0.3) is 10.9 Å². The van der Waals surface area contributed by atoms with E-state index >= 15 is 0 Å². The fraction of sp³-hybridized carbons (Fsp3) is 0.273. The van der Waals surface area contributed by atoms with Crippen molar-refractivity contribution in [1.29, 1.82) is 0 Å². The summed E-state index contributed by atoms with van der Waals surface area (Å²) in [4.78, 5) is 24.7. The van der Waals surface area contributed by atoms with Crippen LogP contribution >= 0.6 is 11.6 Å². The maximum atomic E-state index is 13.7. The summed E-state index contributed by atoms with van der Waals surface area (Å²) >= 11 is 6.00. The number of rotatable bonds is 4. The highest BCUT2D eigenvalue weighted by Gasteiger charge is 2.42. The zero-order valence-electron chi connectivity index (χ0n) is 16.6. The van der Waals surface area contributed by atoms with Crippen molar-refractivity contribution < 1.29 is 18.3 Å². The van der Waals surface area contributed by atoms with Gasteiger partial charge in [-0.05, 0) is 30.3 Å². The molecule has 1 aliphatic rings. The molecule has 0 fully saturated rings. The molecular formula is C22H20ClF2N3O3. The molecule has 0 spiro atoms. The lowest BCUT2D eigenvalue weighted by Crippen LogP contribution is -2.49. The summed E-state index contributed by atoms with van der Waals surface area (Å²) in [5.41, 5.74) is -0.118. The van der Waals surface area contributed by atoms with E-state index in [9.17, 15) is 18.4 Å². The summed E-state index contributed by atoms with van der Waals surface area (Å²) in [6, 6.07) is 11.8. The van der Waals surface area contributed by atoms with Crippen LogP contribution in [0, 0.1) is 0 Å². The summed E-state index contributed by atoms with van der Waals surface area (Å²) in [6.07, 6.45) is -0.0773. The first-order valence-corrected chi connectivity index (χ1v) is 10.0. The first-order chi connectivity index (χ1) is 14.9. The van der Waals surface area contributed by atoms with E-state index in [1.807, 2.05) is 0 Å². The second kappa shape index (κ2) is 8.19. The van der Waals surface area contributed by atoms with Gasteiger partial charge in [-0.2, -0.15) is 0 Å². The molecule has 2 N–H and O–H groups in total. The van der Waals surface area contributed by atoms with E-state index in [4.69, 9.17) is 16.3 Å². The number of amides is 2. The van der Waals surface area contributed by atoms with Crippen molar-refractivity contribution in [2.75, 3.05) is 18.7 Å². The molecule has 0 aliphatic carbocycles. The number of carbonyl (C=O) groups excluding carboxylic acids is 1. The molecule has 2 aromatic carbocycles. The van der Waals surface area contributed by atoms with E-state index in [-0.39, 0.29) is 17.7 Å². The Hall–Kier alpha value is -3.13. The number of aryl methyl sites for hydroxylation is 1. The van der Waals surface area contributed by atoms with Gasteiger partial charge in [0.25, 0.3) is 5.56 Å². The minimum atomic E-state index is -1.69. The number of carbonyl (C=O) groups is 1. The zero-order chi connectivity index (χ0) is 22.2. The number of nitrogens with zero attached hydrogens (tertiary/aromatic N) is 1. The topological polar surface area (TPSA) is 72.4 Å². The largest absolute Gasteiger partial charge is 0.481 e. The molecule has 0 bridgehead atoms. The number of fused-ring (bicyclic) bond motifs is 2. The third kappa shape index (κ3) is 3.95. The smallest absolute Gasteiger partial charge is 0.319 e. The third-order valence-electron chi connectivity index (χ3n) is 5.46. The van der Waals surface area contributed by atoms with Crippen LogP contribution in [0.15, 0.2) is 53.3 Å². The summed E-state index contributed by atoms with van der Waals surface area (Å²) < 4.78 is 34.4. The predicted octanol–water partition coefficient (Wildman–Crippen LogP) is 4.52. The number of aromatic nitrogens is 1. The van der Waals surface area contributed by atoms with Gasteiger partial charge in [0.1, 0.15) is 19.1 Å². The monoisotopic (exact) mass is 447 g/mol. The van der Waals surface area contributed by atoms with E-state index in [1.54, 1.807) is 43.4 Å². The molecule has 4 rings (SSSR count). The third-order valence-corrected chi connectivity index (χ3v) is 5.70. The van der Waals surface area contributed by atoms with Gasteiger partial charge in [0.05, 0.1) is 17.2 Å². The molecule has 0 radical (unpaired) electrons. The van der Waals surface area contributed by atoms with E-state index < -0.39 is 31.0 Å². The average molecular weight is 448 g/mol. The van der Waals surface area contributed by atoms with E-state index in [0.29, 0.717) is 27.2 Å². The van der Waals surface area contributed by atoms with Gasteiger partial charge in [-0.15, -0.1) is 0 Å². The molecule has 2 amide bonds. The molecule has 31 heavy (non-hydrogen) atoms. The summed E-state index contributed by atoms with van der Waals surface area (Å²) in [6.45, 7) is -2.10. The van der Waals surface area contributed by atoms with Gasteiger partial charge >= 0.3 is 6.03 Å². The van der Waals surface area contributed by atoms with E-state index in [2.05, 4.69) is 10.6 Å².